The third-order valence-corrected chi connectivity index (χ3v) is 2.26. The predicted molar refractivity (Wildman–Crippen MR) is 62.9 cm³/mol. The van der Waals surface area contributed by atoms with Gasteiger partial charge in [-0.05, 0) is 16.0 Å². The van der Waals surface area contributed by atoms with Gasteiger partial charge in [0.25, 0.3) is 5.91 Å². The van der Waals surface area contributed by atoms with Gasteiger partial charge in [0.05, 0.1) is 5.56 Å². The van der Waals surface area contributed by atoms with Gasteiger partial charge in [-0.2, -0.15) is 0 Å². The van der Waals surface area contributed by atoms with Gasteiger partial charge in [0, 0.05) is 18.9 Å². The van der Waals surface area contributed by atoms with E-state index in [9.17, 15) is 19.7 Å². The second kappa shape index (κ2) is 5.35. The molecule has 0 spiro atoms. The van der Waals surface area contributed by atoms with Crippen LogP contribution >= 0.6 is 0 Å². The van der Waals surface area contributed by atoms with Crippen molar-refractivity contribution in [2.75, 3.05) is 0 Å². The lowest BCUT2D eigenvalue weighted by atomic mass is 10.1. The van der Waals surface area contributed by atoms with E-state index >= 15 is 0 Å². The Morgan fingerprint density at radius 2 is 2.00 bits per heavy atom. The number of imide groups is 1. The summed E-state index contributed by atoms with van der Waals surface area (Å²) in [7, 11) is 0. The fraction of sp³-hybridized carbons (Fsp3) is 0.364. The van der Waals surface area contributed by atoms with E-state index < -0.39 is 16.7 Å². The molecule has 1 N–H and O–H groups in total. The Hall–Kier alpha value is -2.31. The smallest absolute Gasteiger partial charge is 0.358 e. The number of aryl methyl sites for hydroxylation is 1. The van der Waals surface area contributed by atoms with Crippen LogP contribution in [0, 0.1) is 23.0 Å². The van der Waals surface area contributed by atoms with Crippen molar-refractivity contribution in [1.82, 2.24) is 10.3 Å². The van der Waals surface area contributed by atoms with Crippen LogP contribution in [0.15, 0.2) is 12.1 Å². The van der Waals surface area contributed by atoms with E-state index in [1.807, 2.05) is 0 Å². The summed E-state index contributed by atoms with van der Waals surface area (Å²) in [5.41, 5.74) is 0.354. The maximum absolute atomic E-state index is 11.7. The van der Waals surface area contributed by atoms with Crippen molar-refractivity contribution in [3.05, 3.63) is 33.5 Å². The minimum Gasteiger partial charge on any atom is -0.358 e. The largest absolute Gasteiger partial charge is 0.363 e. The van der Waals surface area contributed by atoms with Crippen molar-refractivity contribution < 1.29 is 14.5 Å². The zero-order valence-electron chi connectivity index (χ0n) is 10.3. The first-order valence-corrected chi connectivity index (χ1v) is 5.30. The lowest BCUT2D eigenvalue weighted by Crippen LogP contribution is -2.34. The van der Waals surface area contributed by atoms with E-state index in [1.54, 1.807) is 13.8 Å². The first kappa shape index (κ1) is 13.8. The summed E-state index contributed by atoms with van der Waals surface area (Å²) in [5.74, 6) is -1.66. The fourth-order valence-electron chi connectivity index (χ4n) is 1.21. The molecule has 0 aliphatic rings. The molecule has 0 fully saturated rings. The Morgan fingerprint density at radius 1 is 1.39 bits per heavy atom. The van der Waals surface area contributed by atoms with Gasteiger partial charge in [0.15, 0.2) is 5.69 Å². The van der Waals surface area contributed by atoms with Crippen molar-refractivity contribution in [3.8, 4) is 0 Å². The molecule has 0 atom stereocenters. The molecule has 0 radical (unpaired) electrons. The number of nitrogens with zero attached hydrogens (tertiary/aromatic N) is 2. The first-order valence-electron chi connectivity index (χ1n) is 5.30. The number of aromatic nitrogens is 1. The Bertz CT molecular complexity index is 511. The van der Waals surface area contributed by atoms with E-state index in [0.717, 1.165) is 6.07 Å². The van der Waals surface area contributed by atoms with Crippen molar-refractivity contribution >= 4 is 17.6 Å². The number of pyridine rings is 1. The molecule has 18 heavy (non-hydrogen) atoms. The van der Waals surface area contributed by atoms with Gasteiger partial charge in [0.1, 0.15) is 0 Å². The van der Waals surface area contributed by atoms with Crippen LogP contribution in [0.5, 0.6) is 0 Å². The lowest BCUT2D eigenvalue weighted by molar-refractivity contribution is -0.389. The molecule has 7 heteroatoms. The Balaban J connectivity index is 2.94. The van der Waals surface area contributed by atoms with E-state index in [0.29, 0.717) is 0 Å². The summed E-state index contributed by atoms with van der Waals surface area (Å²) in [4.78, 5) is 36.6. The topological polar surface area (TPSA) is 102 Å². The van der Waals surface area contributed by atoms with E-state index in [2.05, 4.69) is 10.3 Å². The normalized spacial score (nSPS) is 10.2. The zero-order valence-corrected chi connectivity index (χ0v) is 10.3. The second-order valence-electron chi connectivity index (χ2n) is 4.03. The Morgan fingerprint density at radius 3 is 2.44 bits per heavy atom. The van der Waals surface area contributed by atoms with Crippen molar-refractivity contribution in [2.45, 2.75) is 20.8 Å². The molecule has 1 heterocycles. The van der Waals surface area contributed by atoms with E-state index in [-0.39, 0.29) is 23.0 Å². The van der Waals surface area contributed by atoms with Crippen LogP contribution in [0.25, 0.3) is 0 Å². The predicted octanol–water partition coefficient (Wildman–Crippen LogP) is 1.21. The second-order valence-corrected chi connectivity index (χ2v) is 4.03. The molecule has 0 saturated heterocycles. The van der Waals surface area contributed by atoms with E-state index in [4.69, 9.17) is 0 Å². The molecule has 1 aromatic heterocycles. The number of amides is 2. The number of hydrogen-bond donors (Lipinski definition) is 1. The number of carbonyl (C=O) groups excluding carboxylic acids is 2. The highest BCUT2D eigenvalue weighted by molar-refractivity contribution is 6.05. The summed E-state index contributed by atoms with van der Waals surface area (Å²) in [6, 6.07) is 2.41. The van der Waals surface area contributed by atoms with Crippen LogP contribution in [0.2, 0.25) is 0 Å². The van der Waals surface area contributed by atoms with Gasteiger partial charge in [-0.1, -0.05) is 13.8 Å². The van der Waals surface area contributed by atoms with Gasteiger partial charge in [-0.3, -0.25) is 14.9 Å². The summed E-state index contributed by atoms with van der Waals surface area (Å²) in [6.07, 6.45) is 0. The summed E-state index contributed by atoms with van der Waals surface area (Å²) in [5, 5.41) is 12.7. The maximum Gasteiger partial charge on any atom is 0.363 e. The van der Waals surface area contributed by atoms with Gasteiger partial charge in [0.2, 0.25) is 5.91 Å². The van der Waals surface area contributed by atoms with Crippen LogP contribution in [0.3, 0.4) is 0 Å². The van der Waals surface area contributed by atoms with Crippen molar-refractivity contribution in [1.29, 1.82) is 0 Å². The minimum atomic E-state index is -0.645. The van der Waals surface area contributed by atoms with Crippen LogP contribution in [0.1, 0.15) is 29.9 Å². The zero-order chi connectivity index (χ0) is 13.9. The van der Waals surface area contributed by atoms with Crippen LogP contribution < -0.4 is 5.32 Å². The molecule has 1 aromatic rings. The third kappa shape index (κ3) is 3.09. The Labute approximate surface area is 103 Å². The molecule has 0 aliphatic heterocycles. The minimum absolute atomic E-state index is 0.148. The maximum atomic E-state index is 11.7. The van der Waals surface area contributed by atoms with Gasteiger partial charge in [-0.25, -0.2) is 0 Å². The fourth-order valence-corrected chi connectivity index (χ4v) is 1.21. The number of nitro groups is 1. The van der Waals surface area contributed by atoms with E-state index in [1.165, 1.54) is 13.0 Å². The molecular formula is C11H13N3O4. The summed E-state index contributed by atoms with van der Waals surface area (Å²) >= 11 is 0. The molecule has 0 unspecified atom stereocenters. The molecule has 0 aliphatic carbocycles. The van der Waals surface area contributed by atoms with Gasteiger partial charge >= 0.3 is 5.82 Å². The van der Waals surface area contributed by atoms with Gasteiger partial charge in [-0.15, -0.1) is 0 Å². The SMILES string of the molecule is Cc1nc([N+](=O)[O-])ccc1C(=O)NC(=O)C(C)C. The molecule has 0 saturated carbocycles. The Kier molecular flexibility index (Phi) is 4.09. The molecule has 0 aromatic carbocycles. The molecule has 0 bridgehead atoms. The summed E-state index contributed by atoms with van der Waals surface area (Å²) < 4.78 is 0. The molecule has 2 amide bonds. The highest BCUT2D eigenvalue weighted by atomic mass is 16.6. The molecular weight excluding hydrogens is 238 g/mol. The highest BCUT2D eigenvalue weighted by Gasteiger charge is 2.19. The molecule has 1 rings (SSSR count). The number of rotatable bonds is 3. The highest BCUT2D eigenvalue weighted by Crippen LogP contribution is 2.12. The average Bonchev–Trinajstić information content (AvgIpc) is 2.28. The third-order valence-electron chi connectivity index (χ3n) is 2.26. The van der Waals surface area contributed by atoms with Gasteiger partial charge < -0.3 is 10.1 Å². The van der Waals surface area contributed by atoms with Crippen LogP contribution in [0.4, 0.5) is 5.82 Å². The summed E-state index contributed by atoms with van der Waals surface area (Å²) in [6.45, 7) is 4.79. The number of hydrogen-bond acceptors (Lipinski definition) is 5. The lowest BCUT2D eigenvalue weighted by Gasteiger charge is -2.06. The number of carbonyl (C=O) groups is 2. The monoisotopic (exact) mass is 251 g/mol. The average molecular weight is 251 g/mol. The molecule has 7 nitrogen and oxygen atoms in total. The van der Waals surface area contributed by atoms with Crippen molar-refractivity contribution in [3.63, 3.8) is 0 Å². The van der Waals surface area contributed by atoms with Crippen molar-refractivity contribution in [2.24, 2.45) is 5.92 Å². The molecule has 96 valence electrons. The number of nitrogens with one attached hydrogen (secondary N) is 1. The van der Waals surface area contributed by atoms with Crippen LogP contribution in [-0.4, -0.2) is 21.7 Å². The standard InChI is InChI=1S/C11H13N3O4/c1-6(2)10(15)13-11(16)8-4-5-9(14(17)18)12-7(8)3/h4-6H,1-3H3,(H,13,15,16). The van der Waals surface area contributed by atoms with Crippen LogP contribution in [-0.2, 0) is 4.79 Å². The quantitative estimate of drug-likeness (QED) is 0.642. The first-order chi connectivity index (χ1) is 8.32.